The van der Waals surface area contributed by atoms with Gasteiger partial charge in [0.15, 0.2) is 0 Å². The molecule has 0 radical (unpaired) electrons. The van der Waals surface area contributed by atoms with Gasteiger partial charge in [0, 0.05) is 29.2 Å². The Morgan fingerprint density at radius 2 is 1.78 bits per heavy atom. The molecule has 1 aliphatic rings. The van der Waals surface area contributed by atoms with E-state index in [-0.39, 0.29) is 10.7 Å². The summed E-state index contributed by atoms with van der Waals surface area (Å²) in [5.74, 6) is 0.978. The van der Waals surface area contributed by atoms with Gasteiger partial charge in [0.2, 0.25) is 0 Å². The van der Waals surface area contributed by atoms with E-state index >= 15 is 0 Å². The Morgan fingerprint density at radius 1 is 1.13 bits per heavy atom. The van der Waals surface area contributed by atoms with Crippen molar-refractivity contribution in [2.24, 2.45) is 0 Å². The van der Waals surface area contributed by atoms with Crippen LogP contribution in [0.5, 0.6) is 0 Å². The van der Waals surface area contributed by atoms with E-state index < -0.39 is 0 Å². The Bertz CT molecular complexity index is 487. The second kappa shape index (κ2) is 8.74. The van der Waals surface area contributed by atoms with Crippen LogP contribution in [0.25, 0.3) is 0 Å². The van der Waals surface area contributed by atoms with Gasteiger partial charge in [-0.05, 0) is 43.6 Å². The molecule has 0 unspecified atom stereocenters. The van der Waals surface area contributed by atoms with Crippen molar-refractivity contribution in [1.82, 2.24) is 10.2 Å². The molecule has 0 aliphatic carbocycles. The quantitative estimate of drug-likeness (QED) is 0.800. The molecule has 23 heavy (non-hydrogen) atoms. The highest BCUT2D eigenvalue weighted by molar-refractivity contribution is 8.00. The van der Waals surface area contributed by atoms with Crippen molar-refractivity contribution >= 4 is 17.7 Å². The van der Waals surface area contributed by atoms with E-state index in [1.165, 1.54) is 37.9 Å². The van der Waals surface area contributed by atoms with Crippen molar-refractivity contribution in [3.63, 3.8) is 0 Å². The summed E-state index contributed by atoms with van der Waals surface area (Å²) in [5, 5.41) is 3.00. The number of benzene rings is 1. The van der Waals surface area contributed by atoms with Crippen LogP contribution in [-0.4, -0.2) is 40.9 Å². The maximum absolute atomic E-state index is 12.1. The van der Waals surface area contributed by atoms with Gasteiger partial charge in [-0.3, -0.25) is 9.69 Å². The van der Waals surface area contributed by atoms with Crippen LogP contribution in [0.1, 0.15) is 56.0 Å². The lowest BCUT2D eigenvalue weighted by atomic mass is 10.1. The van der Waals surface area contributed by atoms with Gasteiger partial charge in [0.25, 0.3) is 5.91 Å². The van der Waals surface area contributed by atoms with Crippen LogP contribution >= 0.6 is 11.8 Å². The highest BCUT2D eigenvalue weighted by Gasteiger charge is 2.12. The zero-order valence-electron chi connectivity index (χ0n) is 14.7. The summed E-state index contributed by atoms with van der Waals surface area (Å²) in [7, 11) is 0. The molecule has 0 aromatic heterocycles. The molecule has 0 atom stereocenters. The molecule has 0 spiro atoms. The smallest absolute Gasteiger partial charge is 0.251 e. The van der Waals surface area contributed by atoms with E-state index in [2.05, 4.69) is 43.1 Å². The first-order valence-electron chi connectivity index (χ1n) is 8.67. The standard InChI is InChI=1S/C19H30N2OS/c1-19(2,3)23-14-11-20-18(22)17-9-7-16(8-10-17)15-21-12-5-4-6-13-21/h7-10H,4-6,11-15H2,1-3H3,(H,20,22). The SMILES string of the molecule is CC(C)(C)SCCNC(=O)c1ccc(CN2CCCCC2)cc1. The van der Waals surface area contributed by atoms with Crippen LogP contribution < -0.4 is 5.32 Å². The maximum atomic E-state index is 12.1. The minimum Gasteiger partial charge on any atom is -0.351 e. The van der Waals surface area contributed by atoms with Gasteiger partial charge < -0.3 is 5.32 Å². The number of piperidine rings is 1. The molecular formula is C19H30N2OS. The molecule has 1 amide bonds. The number of rotatable bonds is 6. The fraction of sp³-hybridized carbons (Fsp3) is 0.632. The lowest BCUT2D eigenvalue weighted by Gasteiger charge is -2.26. The molecular weight excluding hydrogens is 304 g/mol. The number of hydrogen-bond acceptors (Lipinski definition) is 3. The molecule has 0 bridgehead atoms. The Kier molecular flexibility index (Phi) is 6.97. The van der Waals surface area contributed by atoms with Crippen LogP contribution in [0.15, 0.2) is 24.3 Å². The zero-order chi connectivity index (χ0) is 16.7. The molecule has 1 aromatic rings. The highest BCUT2D eigenvalue weighted by atomic mass is 32.2. The number of hydrogen-bond donors (Lipinski definition) is 1. The lowest BCUT2D eigenvalue weighted by molar-refractivity contribution is 0.0956. The van der Waals surface area contributed by atoms with Gasteiger partial charge in [-0.15, -0.1) is 0 Å². The van der Waals surface area contributed by atoms with E-state index in [0.29, 0.717) is 0 Å². The first-order valence-corrected chi connectivity index (χ1v) is 9.66. The third-order valence-electron chi connectivity index (χ3n) is 3.99. The summed E-state index contributed by atoms with van der Waals surface area (Å²) < 4.78 is 0.251. The Hall–Kier alpha value is -1.00. The summed E-state index contributed by atoms with van der Waals surface area (Å²) >= 11 is 1.87. The average Bonchev–Trinajstić information content (AvgIpc) is 2.52. The van der Waals surface area contributed by atoms with E-state index in [9.17, 15) is 4.79 Å². The first-order chi connectivity index (χ1) is 10.9. The number of likely N-dealkylation sites (tertiary alicyclic amines) is 1. The molecule has 1 fully saturated rings. The molecule has 3 nitrogen and oxygen atoms in total. The average molecular weight is 335 g/mol. The summed E-state index contributed by atoms with van der Waals surface area (Å²) in [4.78, 5) is 14.6. The minimum atomic E-state index is 0.0315. The number of thioether (sulfide) groups is 1. The number of carbonyl (C=O) groups excluding carboxylic acids is 1. The second-order valence-corrected chi connectivity index (χ2v) is 9.17. The van der Waals surface area contributed by atoms with Crippen molar-refractivity contribution in [2.75, 3.05) is 25.4 Å². The largest absolute Gasteiger partial charge is 0.351 e. The molecule has 1 saturated heterocycles. The van der Waals surface area contributed by atoms with E-state index in [0.717, 1.165) is 24.4 Å². The number of nitrogens with zero attached hydrogens (tertiary/aromatic N) is 1. The predicted octanol–water partition coefficient (Wildman–Crippen LogP) is 3.93. The molecule has 128 valence electrons. The Labute approximate surface area is 145 Å². The van der Waals surface area contributed by atoms with Crippen LogP contribution in [-0.2, 0) is 6.54 Å². The van der Waals surface area contributed by atoms with Crippen LogP contribution in [0.2, 0.25) is 0 Å². The van der Waals surface area contributed by atoms with Crippen molar-refractivity contribution in [3.05, 3.63) is 35.4 Å². The van der Waals surface area contributed by atoms with Crippen molar-refractivity contribution in [2.45, 2.75) is 51.3 Å². The fourth-order valence-corrected chi connectivity index (χ4v) is 3.58. The third-order valence-corrected chi connectivity index (χ3v) is 5.27. The number of nitrogens with one attached hydrogen (secondary N) is 1. The van der Waals surface area contributed by atoms with E-state index in [4.69, 9.17) is 0 Å². The topological polar surface area (TPSA) is 32.3 Å². The van der Waals surface area contributed by atoms with Gasteiger partial charge in [-0.1, -0.05) is 39.3 Å². The Morgan fingerprint density at radius 3 is 2.39 bits per heavy atom. The van der Waals surface area contributed by atoms with Gasteiger partial charge in [-0.2, -0.15) is 11.8 Å². The van der Waals surface area contributed by atoms with Crippen molar-refractivity contribution < 1.29 is 4.79 Å². The van der Waals surface area contributed by atoms with Crippen molar-refractivity contribution in [3.8, 4) is 0 Å². The first kappa shape index (κ1) is 18.3. The predicted molar refractivity (Wildman–Crippen MR) is 100 cm³/mol. The molecule has 2 rings (SSSR count). The van der Waals surface area contributed by atoms with Gasteiger partial charge >= 0.3 is 0 Å². The summed E-state index contributed by atoms with van der Waals surface area (Å²) in [6.45, 7) is 10.7. The fourth-order valence-electron chi connectivity index (χ4n) is 2.76. The van der Waals surface area contributed by atoms with Crippen LogP contribution in [0.3, 0.4) is 0 Å². The zero-order valence-corrected chi connectivity index (χ0v) is 15.5. The minimum absolute atomic E-state index is 0.0315. The highest BCUT2D eigenvalue weighted by Crippen LogP contribution is 2.22. The van der Waals surface area contributed by atoms with Gasteiger partial charge in [-0.25, -0.2) is 0 Å². The lowest BCUT2D eigenvalue weighted by Crippen LogP contribution is -2.29. The summed E-state index contributed by atoms with van der Waals surface area (Å²) in [5.41, 5.74) is 2.06. The molecule has 1 aromatic carbocycles. The van der Waals surface area contributed by atoms with Gasteiger partial charge in [0.1, 0.15) is 0 Å². The van der Waals surface area contributed by atoms with Crippen LogP contribution in [0.4, 0.5) is 0 Å². The summed E-state index contributed by atoms with van der Waals surface area (Å²) in [6, 6.07) is 8.08. The summed E-state index contributed by atoms with van der Waals surface area (Å²) in [6.07, 6.45) is 3.99. The maximum Gasteiger partial charge on any atom is 0.251 e. The van der Waals surface area contributed by atoms with E-state index in [1.54, 1.807) is 0 Å². The third kappa shape index (κ3) is 6.96. The molecule has 1 aliphatic heterocycles. The monoisotopic (exact) mass is 334 g/mol. The molecule has 0 saturated carbocycles. The molecule has 4 heteroatoms. The Balaban J connectivity index is 1.75. The molecule has 1 heterocycles. The van der Waals surface area contributed by atoms with Gasteiger partial charge in [0.05, 0.1) is 0 Å². The second-order valence-electron chi connectivity index (χ2n) is 7.25. The number of carbonyl (C=O) groups is 1. The molecule has 1 N–H and O–H groups in total. The van der Waals surface area contributed by atoms with Crippen LogP contribution in [0, 0.1) is 0 Å². The van der Waals surface area contributed by atoms with E-state index in [1.807, 2.05) is 23.9 Å². The van der Waals surface area contributed by atoms with Crippen molar-refractivity contribution in [1.29, 1.82) is 0 Å². The normalized spacial score (nSPS) is 16.3. The number of amides is 1.